The summed E-state index contributed by atoms with van der Waals surface area (Å²) in [6, 6.07) is 7.60. The number of hydrogen-bond donors (Lipinski definition) is 1. The number of thiophene rings is 1. The third kappa shape index (κ3) is 3.73. The van der Waals surface area contributed by atoms with E-state index >= 15 is 0 Å². The van der Waals surface area contributed by atoms with E-state index in [1.807, 2.05) is 32.9 Å². The Balaban J connectivity index is 1.94. The van der Waals surface area contributed by atoms with Gasteiger partial charge in [0.25, 0.3) is 5.89 Å². The SMILES string of the molecule is CCC(CC)C(=O)Nc1sc(-c2nc(-c3ccccn3)no2)c(C)c1C#N. The van der Waals surface area contributed by atoms with Gasteiger partial charge in [-0.25, -0.2) is 0 Å². The zero-order valence-electron chi connectivity index (χ0n) is 15.3. The molecule has 0 unspecified atom stereocenters. The predicted octanol–water partition coefficient (Wildman–Crippen LogP) is 4.41. The molecule has 0 aliphatic heterocycles. The normalized spacial score (nSPS) is 10.8. The smallest absolute Gasteiger partial charge is 0.268 e. The van der Waals surface area contributed by atoms with Gasteiger partial charge in [0.1, 0.15) is 16.8 Å². The summed E-state index contributed by atoms with van der Waals surface area (Å²) >= 11 is 1.27. The molecule has 0 saturated carbocycles. The fourth-order valence-corrected chi connectivity index (χ4v) is 3.81. The Labute approximate surface area is 161 Å². The molecule has 7 nitrogen and oxygen atoms in total. The zero-order chi connectivity index (χ0) is 19.4. The van der Waals surface area contributed by atoms with Crippen molar-refractivity contribution >= 4 is 22.2 Å². The first-order chi connectivity index (χ1) is 13.1. The van der Waals surface area contributed by atoms with Crippen LogP contribution in [0.3, 0.4) is 0 Å². The van der Waals surface area contributed by atoms with Gasteiger partial charge in [-0.05, 0) is 37.5 Å². The number of carbonyl (C=O) groups excluding carboxylic acids is 1. The average molecular weight is 381 g/mol. The predicted molar refractivity (Wildman–Crippen MR) is 103 cm³/mol. The topological polar surface area (TPSA) is 105 Å². The molecule has 8 heteroatoms. The Hall–Kier alpha value is -3.05. The van der Waals surface area contributed by atoms with Crippen molar-refractivity contribution < 1.29 is 9.32 Å². The van der Waals surface area contributed by atoms with Crippen LogP contribution in [0.5, 0.6) is 0 Å². The molecule has 0 aromatic carbocycles. The number of anilines is 1. The average Bonchev–Trinajstić information content (AvgIpc) is 3.28. The van der Waals surface area contributed by atoms with Crippen molar-refractivity contribution in [2.75, 3.05) is 5.32 Å². The van der Waals surface area contributed by atoms with Crippen LogP contribution < -0.4 is 5.32 Å². The number of amides is 1. The molecule has 0 aliphatic rings. The van der Waals surface area contributed by atoms with Crippen LogP contribution in [0.15, 0.2) is 28.9 Å². The maximum atomic E-state index is 12.4. The highest BCUT2D eigenvalue weighted by Crippen LogP contribution is 2.39. The fraction of sp³-hybridized carbons (Fsp3) is 0.316. The first-order valence-corrected chi connectivity index (χ1v) is 9.50. The molecule has 0 radical (unpaired) electrons. The minimum absolute atomic E-state index is 0.0796. The largest absolute Gasteiger partial charge is 0.333 e. The van der Waals surface area contributed by atoms with Gasteiger partial charge in [-0.2, -0.15) is 10.2 Å². The molecule has 27 heavy (non-hydrogen) atoms. The first-order valence-electron chi connectivity index (χ1n) is 8.68. The van der Waals surface area contributed by atoms with Gasteiger partial charge in [0.05, 0.1) is 10.4 Å². The van der Waals surface area contributed by atoms with Gasteiger partial charge in [0, 0.05) is 12.1 Å². The Morgan fingerprint density at radius 3 is 2.78 bits per heavy atom. The molecule has 1 amide bonds. The Morgan fingerprint density at radius 1 is 1.37 bits per heavy atom. The monoisotopic (exact) mass is 381 g/mol. The van der Waals surface area contributed by atoms with Gasteiger partial charge in [-0.15, -0.1) is 11.3 Å². The van der Waals surface area contributed by atoms with Crippen LogP contribution in [0.25, 0.3) is 22.3 Å². The second-order valence-electron chi connectivity index (χ2n) is 6.01. The lowest BCUT2D eigenvalue weighted by atomic mass is 10.0. The Bertz CT molecular complexity index is 983. The molecule has 0 atom stereocenters. The molecule has 0 fully saturated rings. The van der Waals surface area contributed by atoms with Crippen LogP contribution in [0.1, 0.15) is 37.8 Å². The standard InChI is InChI=1S/C19H19N5O2S/c1-4-12(5-2)17(25)23-19-13(10-20)11(3)15(27-19)18-22-16(24-26-18)14-8-6-7-9-21-14/h6-9,12H,4-5H2,1-3H3,(H,23,25). The summed E-state index contributed by atoms with van der Waals surface area (Å²) in [6.45, 7) is 5.76. The number of nitrogens with zero attached hydrogens (tertiary/aromatic N) is 4. The molecule has 0 spiro atoms. The fourth-order valence-electron chi connectivity index (χ4n) is 2.73. The minimum atomic E-state index is -0.0819. The van der Waals surface area contributed by atoms with Crippen molar-refractivity contribution in [3.63, 3.8) is 0 Å². The van der Waals surface area contributed by atoms with Crippen LogP contribution in [-0.2, 0) is 4.79 Å². The zero-order valence-corrected chi connectivity index (χ0v) is 16.1. The van der Waals surface area contributed by atoms with E-state index in [0.29, 0.717) is 38.4 Å². The summed E-state index contributed by atoms with van der Waals surface area (Å²) in [5, 5.41) is 16.9. The highest BCUT2D eigenvalue weighted by Gasteiger charge is 2.24. The van der Waals surface area contributed by atoms with Crippen molar-refractivity contribution in [2.45, 2.75) is 33.6 Å². The molecule has 3 aromatic heterocycles. The van der Waals surface area contributed by atoms with E-state index in [1.165, 1.54) is 11.3 Å². The van der Waals surface area contributed by atoms with Gasteiger partial charge >= 0.3 is 0 Å². The number of nitrogens with one attached hydrogen (secondary N) is 1. The number of hydrogen-bond acceptors (Lipinski definition) is 7. The van der Waals surface area contributed by atoms with Gasteiger partial charge in [0.2, 0.25) is 11.7 Å². The van der Waals surface area contributed by atoms with Crippen LogP contribution in [0, 0.1) is 24.2 Å². The van der Waals surface area contributed by atoms with Crippen LogP contribution in [-0.4, -0.2) is 21.0 Å². The van der Waals surface area contributed by atoms with E-state index < -0.39 is 0 Å². The van der Waals surface area contributed by atoms with E-state index in [1.54, 1.807) is 12.3 Å². The number of nitriles is 1. The van der Waals surface area contributed by atoms with E-state index in [-0.39, 0.29) is 11.8 Å². The first kappa shape index (κ1) is 18.7. The summed E-state index contributed by atoms with van der Waals surface area (Å²) < 4.78 is 5.38. The maximum absolute atomic E-state index is 12.4. The molecule has 3 rings (SSSR count). The van der Waals surface area contributed by atoms with Gasteiger partial charge < -0.3 is 9.84 Å². The molecule has 3 heterocycles. The number of rotatable bonds is 6. The van der Waals surface area contributed by atoms with Crippen LogP contribution in [0.2, 0.25) is 0 Å². The molecule has 138 valence electrons. The van der Waals surface area contributed by atoms with E-state index in [0.717, 1.165) is 12.8 Å². The van der Waals surface area contributed by atoms with Crippen molar-refractivity contribution in [1.29, 1.82) is 5.26 Å². The molecule has 3 aromatic rings. The molecular formula is C19H19N5O2S. The second kappa shape index (κ2) is 8.10. The summed E-state index contributed by atoms with van der Waals surface area (Å²) in [7, 11) is 0. The lowest BCUT2D eigenvalue weighted by Gasteiger charge is -2.11. The van der Waals surface area contributed by atoms with Gasteiger partial charge in [-0.3, -0.25) is 9.78 Å². The Morgan fingerprint density at radius 2 is 2.15 bits per heavy atom. The van der Waals surface area contributed by atoms with E-state index in [9.17, 15) is 10.1 Å². The molecule has 0 aliphatic carbocycles. The summed E-state index contributed by atoms with van der Waals surface area (Å²) in [6.07, 6.45) is 3.15. The number of carbonyl (C=O) groups is 1. The summed E-state index contributed by atoms with van der Waals surface area (Å²) in [4.78, 5) is 21.7. The van der Waals surface area contributed by atoms with Crippen molar-refractivity contribution in [3.05, 3.63) is 35.5 Å². The summed E-state index contributed by atoms with van der Waals surface area (Å²) in [5.41, 5.74) is 1.73. The summed E-state index contributed by atoms with van der Waals surface area (Å²) in [5.74, 6) is 0.516. The van der Waals surface area contributed by atoms with Crippen molar-refractivity contribution in [2.24, 2.45) is 5.92 Å². The van der Waals surface area contributed by atoms with E-state index in [4.69, 9.17) is 4.52 Å². The molecule has 0 saturated heterocycles. The molecule has 0 bridgehead atoms. The Kier molecular flexibility index (Phi) is 5.62. The van der Waals surface area contributed by atoms with Gasteiger partial charge in [-0.1, -0.05) is 25.1 Å². The second-order valence-corrected chi connectivity index (χ2v) is 7.03. The van der Waals surface area contributed by atoms with Crippen LogP contribution >= 0.6 is 11.3 Å². The number of pyridine rings is 1. The van der Waals surface area contributed by atoms with Crippen molar-refractivity contribution in [3.8, 4) is 28.4 Å². The minimum Gasteiger partial charge on any atom is -0.333 e. The van der Waals surface area contributed by atoms with Crippen LogP contribution in [0.4, 0.5) is 5.00 Å². The van der Waals surface area contributed by atoms with E-state index in [2.05, 4.69) is 26.5 Å². The lowest BCUT2D eigenvalue weighted by Crippen LogP contribution is -2.21. The quantitative estimate of drug-likeness (QED) is 0.678. The molecule has 1 N–H and O–H groups in total. The highest BCUT2D eigenvalue weighted by molar-refractivity contribution is 7.20. The lowest BCUT2D eigenvalue weighted by molar-refractivity contribution is -0.120. The number of aromatic nitrogens is 3. The third-order valence-electron chi connectivity index (χ3n) is 4.37. The van der Waals surface area contributed by atoms with Gasteiger partial charge in [0.15, 0.2) is 0 Å². The third-order valence-corrected chi connectivity index (χ3v) is 5.56. The highest BCUT2D eigenvalue weighted by atomic mass is 32.1. The molecular weight excluding hydrogens is 362 g/mol. The van der Waals surface area contributed by atoms with Crippen molar-refractivity contribution in [1.82, 2.24) is 15.1 Å². The maximum Gasteiger partial charge on any atom is 0.268 e.